The molecule has 0 fully saturated rings. The van der Waals surface area contributed by atoms with Gasteiger partial charge in [-0.3, -0.25) is 0 Å². The summed E-state index contributed by atoms with van der Waals surface area (Å²) in [5, 5.41) is 1.05. The summed E-state index contributed by atoms with van der Waals surface area (Å²) in [4.78, 5) is 8.92. The van der Waals surface area contributed by atoms with Gasteiger partial charge in [0.25, 0.3) is 0 Å². The predicted molar refractivity (Wildman–Crippen MR) is 51.5 cm³/mol. The van der Waals surface area contributed by atoms with E-state index in [9.17, 15) is 0 Å². The molecular formula is C8H11N2Se2. The van der Waals surface area contributed by atoms with Crippen LogP contribution in [-0.4, -0.2) is 37.3 Å². The minimum atomic E-state index is 0.529. The van der Waals surface area contributed by atoms with Gasteiger partial charge in [-0.2, -0.15) is 0 Å². The van der Waals surface area contributed by atoms with Gasteiger partial charge in [0.2, 0.25) is 0 Å². The van der Waals surface area contributed by atoms with Gasteiger partial charge < -0.3 is 0 Å². The second-order valence-corrected chi connectivity index (χ2v) is 6.36. The van der Waals surface area contributed by atoms with Crippen molar-refractivity contribution in [2.24, 2.45) is 0 Å². The van der Waals surface area contributed by atoms with Crippen LogP contribution in [0.25, 0.3) is 0 Å². The molecule has 65 valence electrons. The van der Waals surface area contributed by atoms with E-state index in [4.69, 9.17) is 0 Å². The van der Waals surface area contributed by atoms with Gasteiger partial charge >= 0.3 is 86.2 Å². The van der Waals surface area contributed by atoms with Gasteiger partial charge in [-0.15, -0.1) is 0 Å². The molecule has 1 aromatic rings. The van der Waals surface area contributed by atoms with Crippen LogP contribution in [0.15, 0.2) is 0 Å². The fraction of sp³-hybridized carbons (Fsp3) is 0.500. The van der Waals surface area contributed by atoms with Crippen LogP contribution < -0.4 is 0 Å². The molecule has 0 atom stereocenters. The van der Waals surface area contributed by atoms with Crippen LogP contribution in [-0.2, 0) is 5.32 Å². The zero-order valence-electron chi connectivity index (χ0n) is 7.42. The Morgan fingerprint density at radius 1 is 1.08 bits per heavy atom. The third-order valence-corrected chi connectivity index (χ3v) is 3.88. The first-order valence-electron chi connectivity index (χ1n) is 3.70. The summed E-state index contributed by atoms with van der Waals surface area (Å²) in [7, 11) is 0. The van der Waals surface area contributed by atoms with Crippen LogP contribution in [0.5, 0.6) is 0 Å². The van der Waals surface area contributed by atoms with E-state index >= 15 is 0 Å². The first kappa shape index (κ1) is 10.2. The summed E-state index contributed by atoms with van der Waals surface area (Å²) in [5.74, 6) is 0. The maximum atomic E-state index is 4.50. The molecule has 1 aromatic heterocycles. The fourth-order valence-electron chi connectivity index (χ4n) is 0.954. The molecule has 2 nitrogen and oxygen atoms in total. The Bertz CT molecular complexity index is 287. The van der Waals surface area contributed by atoms with Crippen molar-refractivity contribution in [2.75, 3.05) is 0 Å². The van der Waals surface area contributed by atoms with Crippen LogP contribution in [0.4, 0.5) is 0 Å². The standard InChI is InChI=1S/C8H11N2Se2/c1-5-6(2)10-8(4-12-11)7(3)9-5/h4H2,1-3H3. The van der Waals surface area contributed by atoms with Crippen molar-refractivity contribution in [3.63, 3.8) is 0 Å². The number of rotatable bonds is 2. The molecule has 4 heteroatoms. The molecule has 0 aliphatic carbocycles. The molecular weight excluding hydrogens is 282 g/mol. The SMILES string of the molecule is Cc1nc(C)c(C[Se][Se])nc1C. The normalized spacial score (nSPS) is 10.3. The predicted octanol–water partition coefficient (Wildman–Crippen LogP) is 0.690. The van der Waals surface area contributed by atoms with Gasteiger partial charge in [0.1, 0.15) is 0 Å². The molecule has 0 saturated heterocycles. The first-order valence-corrected chi connectivity index (χ1v) is 9.25. The molecule has 0 unspecified atom stereocenters. The molecule has 0 saturated carbocycles. The van der Waals surface area contributed by atoms with Crippen molar-refractivity contribution in [2.45, 2.75) is 26.1 Å². The van der Waals surface area contributed by atoms with Gasteiger partial charge in [0.05, 0.1) is 0 Å². The van der Waals surface area contributed by atoms with E-state index in [1.807, 2.05) is 20.8 Å². The zero-order valence-corrected chi connectivity index (χ0v) is 10.8. The van der Waals surface area contributed by atoms with Crippen LogP contribution in [0.2, 0.25) is 0 Å². The fourth-order valence-corrected chi connectivity index (χ4v) is 2.98. The number of aryl methyl sites for hydroxylation is 3. The summed E-state index contributed by atoms with van der Waals surface area (Å²) in [5.41, 5.74) is 4.33. The molecule has 0 bridgehead atoms. The van der Waals surface area contributed by atoms with Crippen molar-refractivity contribution < 1.29 is 0 Å². The summed E-state index contributed by atoms with van der Waals surface area (Å²) in [6.45, 7) is 6.04. The van der Waals surface area contributed by atoms with Crippen LogP contribution in [0.1, 0.15) is 22.8 Å². The molecule has 0 aromatic carbocycles. The van der Waals surface area contributed by atoms with Gasteiger partial charge in [0, 0.05) is 0 Å². The molecule has 12 heavy (non-hydrogen) atoms. The monoisotopic (exact) mass is 295 g/mol. The van der Waals surface area contributed by atoms with Crippen molar-refractivity contribution in [1.29, 1.82) is 0 Å². The topological polar surface area (TPSA) is 25.8 Å². The maximum absolute atomic E-state index is 4.50. The quantitative estimate of drug-likeness (QED) is 0.750. The molecule has 0 spiro atoms. The summed E-state index contributed by atoms with van der Waals surface area (Å²) in [6.07, 6.45) is 0. The molecule has 0 N–H and O–H groups in total. The van der Waals surface area contributed by atoms with E-state index in [2.05, 4.69) is 24.2 Å². The van der Waals surface area contributed by atoms with E-state index in [0.717, 1.165) is 28.1 Å². The van der Waals surface area contributed by atoms with E-state index in [1.54, 1.807) is 0 Å². The molecule has 0 amide bonds. The molecule has 1 heterocycles. The van der Waals surface area contributed by atoms with E-state index in [0.29, 0.717) is 13.1 Å². The van der Waals surface area contributed by atoms with Crippen molar-refractivity contribution >= 4 is 27.3 Å². The Labute approximate surface area is 86.1 Å². The second-order valence-electron chi connectivity index (χ2n) is 2.69. The third-order valence-electron chi connectivity index (χ3n) is 1.77. The van der Waals surface area contributed by atoms with Gasteiger partial charge in [-0.1, -0.05) is 0 Å². The Hall–Kier alpha value is 0.119. The van der Waals surface area contributed by atoms with E-state index in [-0.39, 0.29) is 0 Å². The summed E-state index contributed by atoms with van der Waals surface area (Å²) < 4.78 is 0. The number of aromatic nitrogens is 2. The number of nitrogens with zero attached hydrogens (tertiary/aromatic N) is 2. The summed E-state index contributed by atoms with van der Waals surface area (Å²) in [6, 6.07) is 0. The Balaban J connectivity index is 3.05. The number of hydrogen-bond acceptors (Lipinski definition) is 2. The Kier molecular flexibility index (Phi) is 3.73. The van der Waals surface area contributed by atoms with Crippen molar-refractivity contribution in [3.8, 4) is 0 Å². The van der Waals surface area contributed by atoms with Crippen LogP contribution in [0, 0.1) is 20.8 Å². The summed E-state index contributed by atoms with van der Waals surface area (Å²) >= 11 is 3.58. The Morgan fingerprint density at radius 3 is 2.25 bits per heavy atom. The van der Waals surface area contributed by atoms with Crippen LogP contribution >= 0.6 is 0 Å². The Morgan fingerprint density at radius 2 is 1.67 bits per heavy atom. The number of hydrogen-bond donors (Lipinski definition) is 0. The van der Waals surface area contributed by atoms with Gasteiger partial charge in [-0.25, -0.2) is 0 Å². The van der Waals surface area contributed by atoms with Gasteiger partial charge in [0.15, 0.2) is 0 Å². The first-order chi connectivity index (χ1) is 5.65. The average molecular weight is 293 g/mol. The van der Waals surface area contributed by atoms with E-state index in [1.165, 1.54) is 0 Å². The minimum absolute atomic E-state index is 0.529. The van der Waals surface area contributed by atoms with Crippen molar-refractivity contribution in [1.82, 2.24) is 9.97 Å². The second kappa shape index (κ2) is 4.38. The average Bonchev–Trinajstić information content (AvgIpc) is 2.01. The van der Waals surface area contributed by atoms with E-state index < -0.39 is 0 Å². The molecule has 1 radical (unpaired) electrons. The van der Waals surface area contributed by atoms with Gasteiger partial charge in [-0.05, 0) is 0 Å². The van der Waals surface area contributed by atoms with Crippen LogP contribution in [0.3, 0.4) is 0 Å². The zero-order chi connectivity index (χ0) is 9.14. The molecule has 1 rings (SSSR count). The molecule has 0 aliphatic rings. The third kappa shape index (κ3) is 2.30. The van der Waals surface area contributed by atoms with Crippen molar-refractivity contribution in [3.05, 3.63) is 22.8 Å². The molecule has 0 aliphatic heterocycles.